The molecule has 28 heavy (non-hydrogen) atoms. The Labute approximate surface area is 163 Å². The zero-order valence-electron chi connectivity index (χ0n) is 14.9. The number of nitrogens with one attached hydrogen (secondary N) is 1. The number of carbonyl (C=O) groups is 2. The molecule has 0 radical (unpaired) electrons. The average molecular weight is 416 g/mol. The number of hydrogen-bond acceptors (Lipinski definition) is 9. The number of aliphatic carboxylic acids is 2. The van der Waals surface area contributed by atoms with Crippen molar-refractivity contribution in [1.29, 1.82) is 0 Å². The number of aliphatic hydroxyl groups excluding tert-OH is 1. The van der Waals surface area contributed by atoms with Crippen LogP contribution in [0.5, 0.6) is 0 Å². The second-order valence-corrected chi connectivity index (χ2v) is 6.66. The largest absolute Gasteiger partial charge is 0.479 e. The number of aliphatic hydroxyl groups is 1. The smallest absolute Gasteiger partial charge is 0.347 e. The molecule has 2 aromatic rings. The first-order chi connectivity index (χ1) is 13.2. The van der Waals surface area contributed by atoms with E-state index in [1.807, 2.05) is 0 Å². The molecule has 0 spiro atoms. The Morgan fingerprint density at radius 1 is 1.43 bits per heavy atom. The van der Waals surface area contributed by atoms with Crippen molar-refractivity contribution >= 4 is 40.5 Å². The SMILES string of the molecule is CNc1nc(Cl)nc2c1ncn2C1OC(COC(C)(C(=O)O)C(=O)O)CC1O. The average Bonchev–Trinajstić information content (AvgIpc) is 3.21. The van der Waals surface area contributed by atoms with Crippen LogP contribution in [0.1, 0.15) is 19.6 Å². The third kappa shape index (κ3) is 3.46. The van der Waals surface area contributed by atoms with Gasteiger partial charge in [0, 0.05) is 13.5 Å². The molecule has 2 aromatic heterocycles. The number of halogens is 1. The second-order valence-electron chi connectivity index (χ2n) is 6.32. The van der Waals surface area contributed by atoms with Gasteiger partial charge in [-0.25, -0.2) is 14.6 Å². The Hall–Kier alpha value is -2.54. The topological polar surface area (TPSA) is 169 Å². The van der Waals surface area contributed by atoms with Crippen molar-refractivity contribution in [2.24, 2.45) is 0 Å². The molecule has 0 amide bonds. The van der Waals surface area contributed by atoms with E-state index in [0.29, 0.717) is 17.0 Å². The van der Waals surface area contributed by atoms with Crippen LogP contribution in [0.25, 0.3) is 11.2 Å². The van der Waals surface area contributed by atoms with E-state index in [0.717, 1.165) is 6.92 Å². The number of rotatable bonds is 7. The number of fused-ring (bicyclic) bond motifs is 1. The molecule has 3 unspecified atom stereocenters. The van der Waals surface area contributed by atoms with Gasteiger partial charge in [-0.3, -0.25) is 4.57 Å². The van der Waals surface area contributed by atoms with E-state index in [9.17, 15) is 14.7 Å². The van der Waals surface area contributed by atoms with Gasteiger partial charge in [0.15, 0.2) is 23.2 Å². The fourth-order valence-corrected chi connectivity index (χ4v) is 2.98. The van der Waals surface area contributed by atoms with Crippen molar-refractivity contribution in [2.75, 3.05) is 19.0 Å². The van der Waals surface area contributed by atoms with Crippen molar-refractivity contribution in [2.45, 2.75) is 37.4 Å². The van der Waals surface area contributed by atoms with Gasteiger partial charge in [-0.2, -0.15) is 9.97 Å². The van der Waals surface area contributed by atoms with Gasteiger partial charge in [0.2, 0.25) is 5.28 Å². The number of carboxylic acids is 2. The molecular formula is C15H18ClN5O7. The van der Waals surface area contributed by atoms with E-state index in [-0.39, 0.29) is 18.3 Å². The molecule has 1 fully saturated rings. The third-order valence-corrected chi connectivity index (χ3v) is 4.61. The lowest BCUT2D eigenvalue weighted by Crippen LogP contribution is -2.47. The van der Waals surface area contributed by atoms with Gasteiger partial charge in [0.1, 0.15) is 6.10 Å². The lowest BCUT2D eigenvalue weighted by Gasteiger charge is -2.22. The highest BCUT2D eigenvalue weighted by atomic mass is 35.5. The highest BCUT2D eigenvalue weighted by molar-refractivity contribution is 6.28. The molecule has 12 nitrogen and oxygen atoms in total. The van der Waals surface area contributed by atoms with Crippen LogP contribution in [-0.4, -0.2) is 78.2 Å². The molecule has 0 aliphatic carbocycles. The molecule has 0 aromatic carbocycles. The van der Waals surface area contributed by atoms with Crippen LogP contribution in [0.2, 0.25) is 5.28 Å². The van der Waals surface area contributed by atoms with Gasteiger partial charge in [0.05, 0.1) is 19.0 Å². The summed E-state index contributed by atoms with van der Waals surface area (Å²) in [4.78, 5) is 34.7. The first kappa shape index (κ1) is 20.2. The molecule has 0 saturated carbocycles. The molecule has 3 atom stereocenters. The van der Waals surface area contributed by atoms with E-state index < -0.39 is 36.0 Å². The zero-order chi connectivity index (χ0) is 20.6. The summed E-state index contributed by atoms with van der Waals surface area (Å²) in [5.74, 6) is -2.87. The Morgan fingerprint density at radius 3 is 2.71 bits per heavy atom. The van der Waals surface area contributed by atoms with Crippen LogP contribution in [0, 0.1) is 0 Å². The summed E-state index contributed by atoms with van der Waals surface area (Å²) in [5, 5.41) is 31.4. The maximum absolute atomic E-state index is 11.2. The van der Waals surface area contributed by atoms with E-state index in [4.69, 9.17) is 31.3 Å². The molecule has 1 aliphatic rings. The minimum absolute atomic E-state index is 0.0235. The quantitative estimate of drug-likeness (QED) is 0.357. The summed E-state index contributed by atoms with van der Waals surface area (Å²) in [7, 11) is 1.65. The van der Waals surface area contributed by atoms with Crippen LogP contribution in [0.3, 0.4) is 0 Å². The van der Waals surface area contributed by atoms with Gasteiger partial charge < -0.3 is 30.1 Å². The van der Waals surface area contributed by atoms with Gasteiger partial charge in [-0.1, -0.05) is 0 Å². The Morgan fingerprint density at radius 2 is 2.11 bits per heavy atom. The minimum atomic E-state index is -2.42. The molecule has 1 aliphatic heterocycles. The highest BCUT2D eigenvalue weighted by Crippen LogP contribution is 2.33. The highest BCUT2D eigenvalue weighted by Gasteiger charge is 2.45. The number of ether oxygens (including phenoxy) is 2. The van der Waals surface area contributed by atoms with E-state index in [2.05, 4.69) is 20.3 Å². The van der Waals surface area contributed by atoms with Gasteiger partial charge >= 0.3 is 11.9 Å². The lowest BCUT2D eigenvalue weighted by molar-refractivity contribution is -0.185. The number of nitrogens with zero attached hydrogens (tertiary/aromatic N) is 4. The summed E-state index contributed by atoms with van der Waals surface area (Å²) in [5.41, 5.74) is -1.67. The second kappa shape index (κ2) is 7.47. The monoisotopic (exact) mass is 415 g/mol. The predicted molar refractivity (Wildman–Crippen MR) is 94.0 cm³/mol. The molecule has 4 N–H and O–H groups in total. The molecule has 1 saturated heterocycles. The Kier molecular flexibility index (Phi) is 5.39. The minimum Gasteiger partial charge on any atom is -0.479 e. The maximum atomic E-state index is 11.2. The predicted octanol–water partition coefficient (Wildman–Crippen LogP) is 0.114. The van der Waals surface area contributed by atoms with Gasteiger partial charge in [-0.05, 0) is 18.5 Å². The normalized spacial score (nSPS) is 22.5. The van der Waals surface area contributed by atoms with Gasteiger partial charge in [-0.15, -0.1) is 0 Å². The zero-order valence-corrected chi connectivity index (χ0v) is 15.6. The summed E-state index contributed by atoms with van der Waals surface area (Å²) >= 11 is 5.92. The standard InChI is InChI=1S/C15H18ClN5O7/c1-15(12(23)24,13(25)26)27-4-6-3-7(22)11(28-6)21-5-18-8-9(17-2)19-14(16)20-10(8)21/h5-7,11,22H,3-4H2,1-2H3,(H,23,24)(H,25,26)(H,17,19,20). The molecule has 0 bridgehead atoms. The van der Waals surface area contributed by atoms with E-state index >= 15 is 0 Å². The van der Waals surface area contributed by atoms with E-state index in [1.54, 1.807) is 7.05 Å². The fraction of sp³-hybridized carbons (Fsp3) is 0.533. The maximum Gasteiger partial charge on any atom is 0.347 e. The Bertz CT molecular complexity index is 906. The van der Waals surface area contributed by atoms with Crippen molar-refractivity contribution in [1.82, 2.24) is 19.5 Å². The summed E-state index contributed by atoms with van der Waals surface area (Å²) in [6, 6.07) is 0. The van der Waals surface area contributed by atoms with Crippen LogP contribution in [0.15, 0.2) is 6.33 Å². The van der Waals surface area contributed by atoms with Crippen molar-refractivity contribution in [3.63, 3.8) is 0 Å². The molecule has 13 heteroatoms. The van der Waals surface area contributed by atoms with Crippen molar-refractivity contribution in [3.8, 4) is 0 Å². The number of imidazole rings is 1. The third-order valence-electron chi connectivity index (χ3n) is 4.44. The number of hydrogen-bond donors (Lipinski definition) is 4. The first-order valence-corrected chi connectivity index (χ1v) is 8.57. The van der Waals surface area contributed by atoms with Crippen molar-refractivity contribution in [3.05, 3.63) is 11.6 Å². The number of carboxylic acid groups (broad SMARTS) is 2. The Balaban J connectivity index is 1.79. The summed E-state index contributed by atoms with van der Waals surface area (Å²) in [6.07, 6.45) is -1.12. The van der Waals surface area contributed by atoms with Crippen LogP contribution in [-0.2, 0) is 19.1 Å². The summed E-state index contributed by atoms with van der Waals surface area (Å²) in [6.45, 7) is 0.592. The van der Waals surface area contributed by atoms with E-state index in [1.165, 1.54) is 10.9 Å². The molecular weight excluding hydrogens is 398 g/mol. The number of anilines is 1. The lowest BCUT2D eigenvalue weighted by atomic mass is 10.1. The van der Waals surface area contributed by atoms with Crippen LogP contribution in [0.4, 0.5) is 5.82 Å². The van der Waals surface area contributed by atoms with Crippen molar-refractivity contribution < 1.29 is 34.4 Å². The van der Waals surface area contributed by atoms with Crippen LogP contribution < -0.4 is 5.32 Å². The van der Waals surface area contributed by atoms with Crippen LogP contribution >= 0.6 is 11.6 Å². The number of aromatic nitrogens is 4. The van der Waals surface area contributed by atoms with Gasteiger partial charge in [0.25, 0.3) is 5.60 Å². The first-order valence-electron chi connectivity index (χ1n) is 8.19. The molecule has 3 rings (SSSR count). The molecule has 3 heterocycles. The summed E-state index contributed by atoms with van der Waals surface area (Å²) < 4.78 is 12.3. The fourth-order valence-electron chi connectivity index (χ4n) is 2.81. The molecule has 152 valence electrons.